The number of hydrogen-bond acceptors (Lipinski definition) is 2. The molecule has 0 bridgehead atoms. The quantitative estimate of drug-likeness (QED) is 0.896. The summed E-state index contributed by atoms with van der Waals surface area (Å²) in [5.41, 5.74) is 0.325. The average Bonchev–Trinajstić information content (AvgIpc) is 2.71. The number of nitrogens with one attached hydrogen (secondary N) is 1. The summed E-state index contributed by atoms with van der Waals surface area (Å²) in [7, 11) is 0. The van der Waals surface area contributed by atoms with Crippen molar-refractivity contribution in [2.45, 2.75) is 37.8 Å². The zero-order valence-corrected chi connectivity index (χ0v) is 11.3. The molecule has 0 saturated heterocycles. The van der Waals surface area contributed by atoms with Gasteiger partial charge in [-0.15, -0.1) is 0 Å². The topological polar surface area (TPSA) is 32.3 Å². The molecule has 0 heterocycles. The fraction of sp³-hybridized carbons (Fsp3) is 0.538. The molecule has 1 saturated carbocycles. The van der Waals surface area contributed by atoms with Gasteiger partial charge >= 0.3 is 0 Å². The van der Waals surface area contributed by atoms with Crippen molar-refractivity contribution in [2.24, 2.45) is 0 Å². The second-order valence-electron chi connectivity index (χ2n) is 4.77. The fourth-order valence-corrected chi connectivity index (χ4v) is 2.71. The van der Waals surface area contributed by atoms with Crippen molar-refractivity contribution in [3.8, 4) is 0 Å². The third-order valence-corrected chi connectivity index (χ3v) is 4.09. The minimum atomic E-state index is -0.556. The minimum Gasteiger partial charge on any atom is -0.389 e. The first-order valence-electron chi connectivity index (χ1n) is 5.96. The molecule has 0 amide bonds. The van der Waals surface area contributed by atoms with E-state index >= 15 is 0 Å². The van der Waals surface area contributed by atoms with Crippen LogP contribution in [0.1, 0.15) is 31.2 Å². The predicted octanol–water partition coefficient (Wildman–Crippen LogP) is 2.98. The van der Waals surface area contributed by atoms with Crippen LogP contribution in [0.4, 0.5) is 4.39 Å². The van der Waals surface area contributed by atoms with Crippen LogP contribution in [0, 0.1) is 5.82 Å². The van der Waals surface area contributed by atoms with E-state index in [4.69, 9.17) is 0 Å². The predicted molar refractivity (Wildman–Crippen MR) is 69.2 cm³/mol. The van der Waals surface area contributed by atoms with Crippen LogP contribution >= 0.6 is 15.9 Å². The largest absolute Gasteiger partial charge is 0.389 e. The van der Waals surface area contributed by atoms with Crippen molar-refractivity contribution in [3.63, 3.8) is 0 Å². The fourth-order valence-electron chi connectivity index (χ4n) is 2.32. The maximum atomic E-state index is 13.1. The zero-order valence-electron chi connectivity index (χ0n) is 9.68. The van der Waals surface area contributed by atoms with E-state index in [2.05, 4.69) is 21.2 Å². The number of benzene rings is 1. The molecule has 0 aromatic heterocycles. The van der Waals surface area contributed by atoms with E-state index in [-0.39, 0.29) is 5.82 Å². The van der Waals surface area contributed by atoms with Gasteiger partial charge in [0.15, 0.2) is 0 Å². The van der Waals surface area contributed by atoms with Gasteiger partial charge in [-0.3, -0.25) is 0 Å². The van der Waals surface area contributed by atoms with Gasteiger partial charge in [0.1, 0.15) is 5.82 Å². The summed E-state index contributed by atoms with van der Waals surface area (Å²) in [6, 6.07) is 4.64. The Morgan fingerprint density at radius 3 is 2.76 bits per heavy atom. The molecule has 4 heteroatoms. The molecule has 1 aromatic rings. The minimum absolute atomic E-state index is 0.232. The summed E-state index contributed by atoms with van der Waals surface area (Å²) in [6.07, 6.45) is 3.93. The van der Waals surface area contributed by atoms with E-state index < -0.39 is 5.60 Å². The van der Waals surface area contributed by atoms with Crippen LogP contribution in [0.5, 0.6) is 0 Å². The third-order valence-electron chi connectivity index (χ3n) is 3.31. The van der Waals surface area contributed by atoms with E-state index in [0.717, 1.165) is 35.7 Å². The van der Waals surface area contributed by atoms with Gasteiger partial charge in [0.25, 0.3) is 0 Å². The Hall–Kier alpha value is -0.450. The molecule has 1 aliphatic carbocycles. The first-order valence-corrected chi connectivity index (χ1v) is 6.75. The summed E-state index contributed by atoms with van der Waals surface area (Å²) in [5.74, 6) is -0.232. The summed E-state index contributed by atoms with van der Waals surface area (Å²) in [6.45, 7) is 1.15. The molecule has 1 aliphatic rings. The SMILES string of the molecule is OC1(CNCc2cc(F)ccc2Br)CCCC1. The van der Waals surface area contributed by atoms with E-state index in [0.29, 0.717) is 13.1 Å². The van der Waals surface area contributed by atoms with Crippen LogP contribution in [0.25, 0.3) is 0 Å². The van der Waals surface area contributed by atoms with Gasteiger partial charge < -0.3 is 10.4 Å². The van der Waals surface area contributed by atoms with Crippen LogP contribution in [0.2, 0.25) is 0 Å². The van der Waals surface area contributed by atoms with Crippen molar-refractivity contribution >= 4 is 15.9 Å². The maximum Gasteiger partial charge on any atom is 0.123 e. The van der Waals surface area contributed by atoms with Crippen LogP contribution in [-0.4, -0.2) is 17.3 Å². The molecular formula is C13H17BrFNO. The van der Waals surface area contributed by atoms with Gasteiger partial charge in [-0.05, 0) is 36.6 Å². The lowest BCUT2D eigenvalue weighted by molar-refractivity contribution is 0.0474. The molecule has 2 N–H and O–H groups in total. The van der Waals surface area contributed by atoms with Crippen molar-refractivity contribution < 1.29 is 9.50 Å². The molecule has 1 fully saturated rings. The Bertz CT molecular complexity index is 391. The standard InChI is InChI=1S/C13H17BrFNO/c14-12-4-3-11(15)7-10(12)8-16-9-13(17)5-1-2-6-13/h3-4,7,16-17H,1-2,5-6,8-9H2. The number of rotatable bonds is 4. The van der Waals surface area contributed by atoms with Gasteiger partial charge in [-0.2, -0.15) is 0 Å². The number of hydrogen-bond donors (Lipinski definition) is 2. The smallest absolute Gasteiger partial charge is 0.123 e. The highest BCUT2D eigenvalue weighted by Crippen LogP contribution is 2.28. The molecule has 0 aliphatic heterocycles. The van der Waals surface area contributed by atoms with Crippen LogP contribution in [-0.2, 0) is 6.54 Å². The third kappa shape index (κ3) is 3.50. The monoisotopic (exact) mass is 301 g/mol. The van der Waals surface area contributed by atoms with Crippen molar-refractivity contribution in [1.82, 2.24) is 5.32 Å². The molecule has 0 unspecified atom stereocenters. The molecule has 94 valence electrons. The average molecular weight is 302 g/mol. The Kier molecular flexibility index (Phi) is 4.17. The second kappa shape index (κ2) is 5.46. The van der Waals surface area contributed by atoms with Gasteiger partial charge in [0.2, 0.25) is 0 Å². The van der Waals surface area contributed by atoms with E-state index in [1.54, 1.807) is 6.07 Å². The van der Waals surface area contributed by atoms with E-state index in [1.165, 1.54) is 12.1 Å². The lowest BCUT2D eigenvalue weighted by Gasteiger charge is -2.22. The highest BCUT2D eigenvalue weighted by Gasteiger charge is 2.30. The number of aliphatic hydroxyl groups is 1. The Balaban J connectivity index is 1.87. The summed E-state index contributed by atoms with van der Waals surface area (Å²) >= 11 is 3.39. The Morgan fingerprint density at radius 2 is 2.06 bits per heavy atom. The highest BCUT2D eigenvalue weighted by atomic mass is 79.9. The molecular weight excluding hydrogens is 285 g/mol. The molecule has 0 atom stereocenters. The lowest BCUT2D eigenvalue weighted by Crippen LogP contribution is -2.37. The molecule has 17 heavy (non-hydrogen) atoms. The van der Waals surface area contributed by atoms with Gasteiger partial charge in [-0.25, -0.2) is 4.39 Å². The number of halogens is 2. The van der Waals surface area contributed by atoms with Crippen molar-refractivity contribution in [3.05, 3.63) is 34.1 Å². The van der Waals surface area contributed by atoms with Gasteiger partial charge in [-0.1, -0.05) is 28.8 Å². The van der Waals surface area contributed by atoms with E-state index in [1.807, 2.05) is 0 Å². The maximum absolute atomic E-state index is 13.1. The Labute approximate surface area is 109 Å². The molecule has 2 nitrogen and oxygen atoms in total. The second-order valence-corrected chi connectivity index (χ2v) is 5.63. The van der Waals surface area contributed by atoms with Gasteiger partial charge in [0.05, 0.1) is 5.60 Å². The highest BCUT2D eigenvalue weighted by molar-refractivity contribution is 9.10. The lowest BCUT2D eigenvalue weighted by atomic mass is 10.0. The normalized spacial score (nSPS) is 18.5. The Morgan fingerprint density at radius 1 is 1.35 bits per heavy atom. The molecule has 0 spiro atoms. The summed E-state index contributed by atoms with van der Waals surface area (Å²) in [4.78, 5) is 0. The molecule has 1 aromatic carbocycles. The molecule has 0 radical (unpaired) electrons. The van der Waals surface area contributed by atoms with E-state index in [9.17, 15) is 9.50 Å². The first-order chi connectivity index (χ1) is 8.09. The molecule has 2 rings (SSSR count). The van der Waals surface area contributed by atoms with Gasteiger partial charge in [0, 0.05) is 17.6 Å². The van der Waals surface area contributed by atoms with Crippen LogP contribution < -0.4 is 5.32 Å². The zero-order chi connectivity index (χ0) is 12.3. The van der Waals surface area contributed by atoms with Crippen molar-refractivity contribution in [1.29, 1.82) is 0 Å². The van der Waals surface area contributed by atoms with Crippen molar-refractivity contribution in [2.75, 3.05) is 6.54 Å². The van der Waals surface area contributed by atoms with Crippen LogP contribution in [0.3, 0.4) is 0 Å². The summed E-state index contributed by atoms with van der Waals surface area (Å²) < 4.78 is 13.9. The summed E-state index contributed by atoms with van der Waals surface area (Å²) in [5, 5.41) is 13.4. The van der Waals surface area contributed by atoms with Crippen LogP contribution in [0.15, 0.2) is 22.7 Å². The first kappa shape index (κ1) is 13.0.